The molecule has 1 fully saturated rings. The number of nitrogens with zero attached hydrogens (tertiary/aromatic N) is 1. The number of alkyl halides is 3. The standard InChI is InChI=1S/C24H26F3NO3/c1-15(2)16(3)23(19-9-11-31-14-19)28-10-8-17(13-22(29)30)12-21(28)18-4-6-20(7-5-18)24(25,26)27/h4-7,9,11,14,17,21,23H,1,3,8,10,12-13H2,2H3,(H,29,30)/t17-,21+,23-/m1/s1. The number of furan rings is 1. The van der Waals surface area contributed by atoms with Gasteiger partial charge in [0.05, 0.1) is 24.1 Å². The number of piperidine rings is 1. The summed E-state index contributed by atoms with van der Waals surface area (Å²) < 4.78 is 44.4. The first kappa shape index (κ1) is 22.9. The highest BCUT2D eigenvalue weighted by atomic mass is 19.4. The van der Waals surface area contributed by atoms with Crippen molar-refractivity contribution < 1.29 is 27.5 Å². The lowest BCUT2D eigenvalue weighted by atomic mass is 9.82. The number of hydrogen-bond donors (Lipinski definition) is 1. The number of halogens is 3. The van der Waals surface area contributed by atoms with Crippen LogP contribution in [0.4, 0.5) is 13.2 Å². The van der Waals surface area contributed by atoms with E-state index in [0.29, 0.717) is 24.9 Å². The van der Waals surface area contributed by atoms with E-state index in [2.05, 4.69) is 18.1 Å². The third-order valence-corrected chi connectivity index (χ3v) is 5.91. The number of benzene rings is 1. The van der Waals surface area contributed by atoms with Gasteiger partial charge in [0.1, 0.15) is 0 Å². The highest BCUT2D eigenvalue weighted by molar-refractivity contribution is 5.67. The predicted molar refractivity (Wildman–Crippen MR) is 111 cm³/mol. The van der Waals surface area contributed by atoms with Crippen LogP contribution >= 0.6 is 0 Å². The minimum atomic E-state index is -4.41. The molecule has 0 bridgehead atoms. The van der Waals surface area contributed by atoms with Crippen LogP contribution in [0.3, 0.4) is 0 Å². The first-order chi connectivity index (χ1) is 14.6. The first-order valence-corrected chi connectivity index (χ1v) is 10.1. The van der Waals surface area contributed by atoms with E-state index in [1.165, 1.54) is 12.1 Å². The molecule has 2 aromatic rings. The summed E-state index contributed by atoms with van der Waals surface area (Å²) in [5.74, 6) is -0.938. The molecule has 1 saturated heterocycles. The Morgan fingerprint density at radius 3 is 2.45 bits per heavy atom. The zero-order valence-electron chi connectivity index (χ0n) is 17.4. The fraction of sp³-hybridized carbons (Fsp3) is 0.375. The Morgan fingerprint density at radius 2 is 1.94 bits per heavy atom. The zero-order valence-corrected chi connectivity index (χ0v) is 17.4. The van der Waals surface area contributed by atoms with Gasteiger partial charge in [-0.2, -0.15) is 13.2 Å². The molecule has 31 heavy (non-hydrogen) atoms. The van der Waals surface area contributed by atoms with Gasteiger partial charge in [-0.25, -0.2) is 0 Å². The van der Waals surface area contributed by atoms with Gasteiger partial charge in [-0.15, -0.1) is 0 Å². The van der Waals surface area contributed by atoms with Crippen LogP contribution in [0.5, 0.6) is 0 Å². The van der Waals surface area contributed by atoms with E-state index in [4.69, 9.17) is 4.42 Å². The van der Waals surface area contributed by atoms with Crippen LogP contribution in [0.25, 0.3) is 0 Å². The second-order valence-electron chi connectivity index (χ2n) is 8.13. The van der Waals surface area contributed by atoms with E-state index < -0.39 is 17.7 Å². The molecule has 0 unspecified atom stereocenters. The average molecular weight is 433 g/mol. The Bertz CT molecular complexity index is 932. The lowest BCUT2D eigenvalue weighted by Gasteiger charge is -2.44. The summed E-state index contributed by atoms with van der Waals surface area (Å²) in [5.41, 5.74) is 2.46. The van der Waals surface area contributed by atoms with Gasteiger partial charge in [-0.1, -0.05) is 30.9 Å². The van der Waals surface area contributed by atoms with E-state index in [1.54, 1.807) is 12.5 Å². The highest BCUT2D eigenvalue weighted by Crippen LogP contribution is 2.44. The van der Waals surface area contributed by atoms with Gasteiger partial charge in [0.15, 0.2) is 0 Å². The molecule has 3 atom stereocenters. The number of aliphatic carboxylic acids is 1. The summed E-state index contributed by atoms with van der Waals surface area (Å²) in [5, 5.41) is 9.26. The average Bonchev–Trinajstić information content (AvgIpc) is 3.22. The number of carboxylic acids is 1. The van der Waals surface area contributed by atoms with Crippen LogP contribution in [0.15, 0.2) is 71.6 Å². The number of hydrogen-bond acceptors (Lipinski definition) is 3. The Morgan fingerprint density at radius 1 is 1.26 bits per heavy atom. The summed E-state index contributed by atoms with van der Waals surface area (Å²) in [4.78, 5) is 13.5. The molecule has 166 valence electrons. The van der Waals surface area contributed by atoms with Crippen LogP contribution in [0.2, 0.25) is 0 Å². The first-order valence-electron chi connectivity index (χ1n) is 10.1. The summed E-state index contributed by atoms with van der Waals surface area (Å²) >= 11 is 0. The zero-order chi connectivity index (χ0) is 22.8. The molecule has 0 radical (unpaired) electrons. The fourth-order valence-corrected chi connectivity index (χ4v) is 4.28. The maximum absolute atomic E-state index is 13.0. The minimum Gasteiger partial charge on any atom is -0.481 e. The van der Waals surface area contributed by atoms with Gasteiger partial charge in [-0.3, -0.25) is 9.69 Å². The maximum Gasteiger partial charge on any atom is 0.416 e. The van der Waals surface area contributed by atoms with Gasteiger partial charge in [0.2, 0.25) is 0 Å². The molecule has 1 aliphatic rings. The molecular formula is C24H26F3NO3. The van der Waals surface area contributed by atoms with E-state index in [0.717, 1.165) is 28.8 Å². The number of likely N-dealkylation sites (tertiary alicyclic amines) is 1. The smallest absolute Gasteiger partial charge is 0.416 e. The largest absolute Gasteiger partial charge is 0.481 e. The molecule has 7 heteroatoms. The maximum atomic E-state index is 13.0. The quantitative estimate of drug-likeness (QED) is 0.514. The van der Waals surface area contributed by atoms with Crippen LogP contribution in [-0.4, -0.2) is 22.5 Å². The van der Waals surface area contributed by atoms with Crippen molar-refractivity contribution in [2.75, 3.05) is 6.54 Å². The molecule has 0 amide bonds. The van der Waals surface area contributed by atoms with Crippen LogP contribution < -0.4 is 0 Å². The molecule has 0 spiro atoms. The van der Waals surface area contributed by atoms with Crippen molar-refractivity contribution in [3.05, 3.63) is 83.9 Å². The summed E-state index contributed by atoms with van der Waals surface area (Å²) in [7, 11) is 0. The number of carboxylic acid groups (broad SMARTS) is 1. The monoisotopic (exact) mass is 433 g/mol. The molecule has 1 N–H and O–H groups in total. The predicted octanol–water partition coefficient (Wildman–Crippen LogP) is 6.40. The fourth-order valence-electron chi connectivity index (χ4n) is 4.28. The van der Waals surface area contributed by atoms with Gasteiger partial charge >= 0.3 is 12.1 Å². The Kier molecular flexibility index (Phi) is 6.74. The van der Waals surface area contributed by atoms with Crippen LogP contribution in [-0.2, 0) is 11.0 Å². The van der Waals surface area contributed by atoms with Crippen molar-refractivity contribution in [1.29, 1.82) is 0 Å². The lowest BCUT2D eigenvalue weighted by molar-refractivity contribution is -0.139. The van der Waals surface area contributed by atoms with Gasteiger partial charge < -0.3 is 9.52 Å². The second-order valence-corrected chi connectivity index (χ2v) is 8.13. The summed E-state index contributed by atoms with van der Waals surface area (Å²) in [6.45, 7) is 10.6. The molecule has 1 aromatic heterocycles. The molecule has 1 aromatic carbocycles. The number of rotatable bonds is 7. The minimum absolute atomic E-state index is 0.0305. The third kappa shape index (κ3) is 5.28. The lowest BCUT2D eigenvalue weighted by Crippen LogP contribution is -2.40. The van der Waals surface area contributed by atoms with Gasteiger partial charge in [0.25, 0.3) is 0 Å². The molecule has 2 heterocycles. The van der Waals surface area contributed by atoms with Crippen LogP contribution in [0, 0.1) is 5.92 Å². The van der Waals surface area contributed by atoms with Crippen molar-refractivity contribution in [2.24, 2.45) is 5.92 Å². The molecule has 0 aliphatic carbocycles. The SMILES string of the molecule is C=C(C)C(=C)[C@H](c1ccoc1)N1CC[C@@H](CC(=O)O)C[C@H]1c1ccc(C(F)(F)F)cc1. The topological polar surface area (TPSA) is 53.7 Å². The van der Waals surface area contributed by atoms with Crippen molar-refractivity contribution >= 4 is 5.97 Å². The molecular weight excluding hydrogens is 407 g/mol. The van der Waals surface area contributed by atoms with E-state index >= 15 is 0 Å². The van der Waals surface area contributed by atoms with Crippen molar-refractivity contribution in [3.8, 4) is 0 Å². The van der Waals surface area contributed by atoms with Crippen LogP contribution in [0.1, 0.15) is 55.0 Å². The highest BCUT2D eigenvalue weighted by Gasteiger charge is 2.37. The number of carbonyl (C=O) groups is 1. The van der Waals surface area contributed by atoms with Crippen molar-refractivity contribution in [1.82, 2.24) is 4.90 Å². The van der Waals surface area contributed by atoms with E-state index in [1.807, 2.05) is 13.0 Å². The Balaban J connectivity index is 2.00. The second kappa shape index (κ2) is 9.14. The third-order valence-electron chi connectivity index (χ3n) is 5.91. The molecule has 1 aliphatic heterocycles. The van der Waals surface area contributed by atoms with E-state index in [-0.39, 0.29) is 24.4 Å². The Labute approximate surface area is 179 Å². The Hall–Kier alpha value is -2.80. The normalized spacial score (nSPS) is 20.9. The molecule has 0 saturated carbocycles. The van der Waals surface area contributed by atoms with E-state index in [9.17, 15) is 23.1 Å². The molecule has 4 nitrogen and oxygen atoms in total. The van der Waals surface area contributed by atoms with Gasteiger partial charge in [0, 0.05) is 18.0 Å². The summed E-state index contributed by atoms with van der Waals surface area (Å²) in [6.07, 6.45) is 0.00794. The van der Waals surface area contributed by atoms with Gasteiger partial charge in [-0.05, 0) is 61.6 Å². The summed E-state index contributed by atoms with van der Waals surface area (Å²) in [6, 6.07) is 6.43. The van der Waals surface area contributed by atoms with Crippen molar-refractivity contribution in [3.63, 3.8) is 0 Å². The van der Waals surface area contributed by atoms with Crippen molar-refractivity contribution in [2.45, 2.75) is 44.4 Å². The molecule has 3 rings (SSSR count).